The molecule has 7 heteroatoms. The number of carbonyl (C=O) groups is 1. The smallest absolute Gasteiger partial charge is 0.416 e. The summed E-state index contributed by atoms with van der Waals surface area (Å²) in [6.45, 7) is 7.69. The molecule has 2 aromatic carbocycles. The highest BCUT2D eigenvalue weighted by molar-refractivity contribution is 7.91. The Kier molecular flexibility index (Phi) is 7.10. The van der Waals surface area contributed by atoms with Gasteiger partial charge in [0.2, 0.25) is 0 Å². The maximum atomic E-state index is 13.0. The van der Waals surface area contributed by atoms with Crippen LogP contribution in [-0.2, 0) is 22.1 Å². The minimum absolute atomic E-state index is 0.0495. The average molecular weight is 465 g/mol. The van der Waals surface area contributed by atoms with Gasteiger partial charge in [-0.2, -0.15) is 13.2 Å². The molecule has 0 saturated carbocycles. The fourth-order valence-electron chi connectivity index (χ4n) is 4.45. The van der Waals surface area contributed by atoms with E-state index in [-0.39, 0.29) is 35.6 Å². The van der Waals surface area contributed by atoms with Gasteiger partial charge in [0.05, 0.1) is 11.1 Å². The van der Waals surface area contributed by atoms with Gasteiger partial charge in [0.1, 0.15) is 11.5 Å². The second-order valence-corrected chi connectivity index (χ2v) is 10.2. The average Bonchev–Trinajstić information content (AvgIpc) is 2.68. The molecule has 0 bridgehead atoms. The van der Waals surface area contributed by atoms with E-state index in [2.05, 4.69) is 0 Å². The monoisotopic (exact) mass is 464 g/mol. The second-order valence-electron chi connectivity index (χ2n) is 8.70. The maximum Gasteiger partial charge on any atom is 0.416 e. The number of carbonyl (C=O) groups excluding carboxylic acids is 1. The lowest BCUT2D eigenvalue weighted by molar-refractivity contribution is -0.137. The molecule has 0 aliphatic heterocycles. The molecule has 0 fully saturated rings. The maximum absolute atomic E-state index is 13.0. The zero-order chi connectivity index (χ0) is 23.8. The molecule has 3 unspecified atom stereocenters. The Morgan fingerprint density at radius 3 is 2.16 bits per heavy atom. The van der Waals surface area contributed by atoms with Crippen LogP contribution in [0.25, 0.3) is 5.57 Å². The van der Waals surface area contributed by atoms with Crippen LogP contribution < -0.4 is 0 Å². The summed E-state index contributed by atoms with van der Waals surface area (Å²) in [7, 11) is 0. The molecule has 1 N–H and O–H groups in total. The van der Waals surface area contributed by atoms with E-state index in [1.54, 1.807) is 0 Å². The van der Waals surface area contributed by atoms with Gasteiger partial charge in [0.25, 0.3) is 0 Å². The number of aliphatic hydroxyl groups excluding tert-OH is 1. The first-order chi connectivity index (χ1) is 14.9. The number of ketones is 1. The highest BCUT2D eigenvalue weighted by atomic mass is 32.2. The largest absolute Gasteiger partial charge is 0.611 e. The predicted octanol–water partition coefficient (Wildman–Crippen LogP) is 6.32. The highest BCUT2D eigenvalue weighted by Gasteiger charge is 2.35. The van der Waals surface area contributed by atoms with Crippen LogP contribution in [0.4, 0.5) is 13.2 Å². The molecule has 0 spiro atoms. The van der Waals surface area contributed by atoms with Gasteiger partial charge in [0.15, 0.2) is 10.7 Å². The van der Waals surface area contributed by atoms with Gasteiger partial charge >= 0.3 is 6.18 Å². The minimum atomic E-state index is -4.44. The van der Waals surface area contributed by atoms with Gasteiger partial charge in [0, 0.05) is 18.8 Å². The van der Waals surface area contributed by atoms with Crippen LogP contribution in [0.2, 0.25) is 0 Å². The van der Waals surface area contributed by atoms with Gasteiger partial charge in [-0.25, -0.2) is 0 Å². The molecule has 0 amide bonds. The Morgan fingerprint density at radius 2 is 1.66 bits per heavy atom. The first-order valence-corrected chi connectivity index (χ1v) is 11.8. The van der Waals surface area contributed by atoms with Crippen molar-refractivity contribution in [3.05, 3.63) is 70.0 Å². The number of hydrogen-bond acceptors (Lipinski definition) is 3. The summed E-state index contributed by atoms with van der Waals surface area (Å²) in [6.07, 6.45) is -3.90. The molecule has 0 saturated heterocycles. The molecule has 2 aromatic rings. The Hall–Kier alpha value is -2.25. The third kappa shape index (κ3) is 5.21. The fraction of sp³-hybridized carbons (Fsp3) is 0.400. The third-order valence-electron chi connectivity index (χ3n) is 6.06. The molecule has 3 atom stereocenters. The molecule has 1 aliphatic rings. The number of halogens is 3. The summed E-state index contributed by atoms with van der Waals surface area (Å²) < 4.78 is 50.9. The number of benzene rings is 2. The molecule has 0 aromatic heterocycles. The minimum Gasteiger partial charge on any atom is -0.611 e. The normalized spacial score (nSPS) is 19.2. The molecular formula is C25H27F3O3S. The van der Waals surface area contributed by atoms with E-state index in [0.29, 0.717) is 16.9 Å². The van der Waals surface area contributed by atoms with E-state index in [0.717, 1.165) is 34.4 Å². The Balaban J connectivity index is 1.75. The van der Waals surface area contributed by atoms with Crippen molar-refractivity contribution in [2.45, 2.75) is 51.6 Å². The second kappa shape index (κ2) is 9.32. The summed E-state index contributed by atoms with van der Waals surface area (Å²) in [5.41, 5.74) is 3.32. The van der Waals surface area contributed by atoms with Gasteiger partial charge in [-0.15, -0.1) is 0 Å². The number of aryl methyl sites for hydroxylation is 3. The van der Waals surface area contributed by atoms with Crippen molar-refractivity contribution < 1.29 is 27.6 Å². The van der Waals surface area contributed by atoms with E-state index in [1.165, 1.54) is 12.1 Å². The Labute approximate surface area is 189 Å². The third-order valence-corrected chi connectivity index (χ3v) is 7.69. The molecule has 0 heterocycles. The van der Waals surface area contributed by atoms with Crippen LogP contribution in [0, 0.1) is 32.6 Å². The standard InChI is InChI=1S/C25H27F3O3S/c1-14-9-15(2)23(16(3)10-14)24-21(29)11-18(12-22(24)30)17(4)13-32(31)20-7-5-19(6-8-20)25(26,27)28/h5-10,17-18,29H,11-13H2,1-4H3. The summed E-state index contributed by atoms with van der Waals surface area (Å²) in [4.78, 5) is 13.3. The van der Waals surface area contributed by atoms with E-state index >= 15 is 0 Å². The molecule has 3 nitrogen and oxygen atoms in total. The van der Waals surface area contributed by atoms with Crippen molar-refractivity contribution >= 4 is 22.5 Å². The van der Waals surface area contributed by atoms with E-state index < -0.39 is 22.9 Å². The first kappa shape index (κ1) is 24.4. The van der Waals surface area contributed by atoms with E-state index in [1.807, 2.05) is 39.8 Å². The number of hydrogen-bond donors (Lipinski definition) is 1. The summed E-state index contributed by atoms with van der Waals surface area (Å²) in [5.74, 6) is -0.231. The van der Waals surface area contributed by atoms with Crippen molar-refractivity contribution in [2.24, 2.45) is 11.8 Å². The van der Waals surface area contributed by atoms with Crippen molar-refractivity contribution in [3.63, 3.8) is 0 Å². The zero-order valence-electron chi connectivity index (χ0n) is 18.5. The molecular weight excluding hydrogens is 437 g/mol. The number of alkyl halides is 3. The number of allylic oxidation sites excluding steroid dienone is 2. The van der Waals surface area contributed by atoms with Crippen molar-refractivity contribution in [3.8, 4) is 0 Å². The van der Waals surface area contributed by atoms with Crippen LogP contribution in [0.1, 0.15) is 47.6 Å². The van der Waals surface area contributed by atoms with Crippen LogP contribution in [0.5, 0.6) is 0 Å². The lowest BCUT2D eigenvalue weighted by atomic mass is 9.77. The number of Topliss-reactive ketones (excluding diaryl/α,β-unsaturated/α-hetero) is 1. The fourth-order valence-corrected chi connectivity index (χ4v) is 5.83. The molecule has 172 valence electrons. The van der Waals surface area contributed by atoms with Crippen molar-refractivity contribution in [2.75, 3.05) is 5.75 Å². The predicted molar refractivity (Wildman–Crippen MR) is 120 cm³/mol. The molecule has 3 rings (SSSR count). The summed E-state index contributed by atoms with van der Waals surface area (Å²) in [5, 5.41) is 10.8. The van der Waals surface area contributed by atoms with Crippen LogP contribution >= 0.6 is 0 Å². The zero-order valence-corrected chi connectivity index (χ0v) is 19.4. The SMILES string of the molecule is Cc1cc(C)c(C2=C(O)CC(C(C)C[S+]([O-])c3ccc(C(F)(F)F)cc3)CC2=O)c(C)c1. The van der Waals surface area contributed by atoms with Crippen molar-refractivity contribution in [1.29, 1.82) is 0 Å². The topological polar surface area (TPSA) is 60.4 Å². The molecule has 32 heavy (non-hydrogen) atoms. The molecule has 0 radical (unpaired) electrons. The van der Waals surface area contributed by atoms with Crippen LogP contribution in [-0.4, -0.2) is 21.2 Å². The van der Waals surface area contributed by atoms with Gasteiger partial charge in [-0.3, -0.25) is 4.79 Å². The summed E-state index contributed by atoms with van der Waals surface area (Å²) in [6, 6.07) is 8.28. The Morgan fingerprint density at radius 1 is 1.09 bits per heavy atom. The summed E-state index contributed by atoms with van der Waals surface area (Å²) >= 11 is -1.50. The highest BCUT2D eigenvalue weighted by Crippen LogP contribution is 2.38. The van der Waals surface area contributed by atoms with E-state index in [9.17, 15) is 27.6 Å². The van der Waals surface area contributed by atoms with Gasteiger partial charge in [-0.1, -0.05) is 24.6 Å². The van der Waals surface area contributed by atoms with Crippen LogP contribution in [0.3, 0.4) is 0 Å². The van der Waals surface area contributed by atoms with E-state index in [4.69, 9.17) is 0 Å². The van der Waals surface area contributed by atoms with Gasteiger partial charge in [-0.05, 0) is 78.8 Å². The van der Waals surface area contributed by atoms with Crippen LogP contribution in [0.15, 0.2) is 47.1 Å². The molecule has 1 aliphatic carbocycles. The Bertz CT molecular complexity index is 1020. The number of rotatable bonds is 5. The first-order valence-electron chi connectivity index (χ1n) is 10.5. The quantitative estimate of drug-likeness (QED) is 0.527. The van der Waals surface area contributed by atoms with Gasteiger partial charge < -0.3 is 9.66 Å². The lowest BCUT2D eigenvalue weighted by Crippen LogP contribution is -2.28. The number of aliphatic hydroxyl groups is 1. The van der Waals surface area contributed by atoms with Crippen molar-refractivity contribution in [1.82, 2.24) is 0 Å². The lowest BCUT2D eigenvalue weighted by Gasteiger charge is -2.29.